The number of ether oxygens (including phenoxy) is 2. The first-order valence-electron chi connectivity index (χ1n) is 11.7. The van der Waals surface area contributed by atoms with Crippen LogP contribution in [-0.4, -0.2) is 72.6 Å². The van der Waals surface area contributed by atoms with Gasteiger partial charge in [-0.3, -0.25) is 14.5 Å². The molecule has 2 saturated heterocycles. The third kappa shape index (κ3) is 5.61. The average molecular weight is 481 g/mol. The number of hydrogen-bond donors (Lipinski definition) is 1. The Balaban J connectivity index is 1.65. The van der Waals surface area contributed by atoms with Gasteiger partial charge in [-0.05, 0) is 48.4 Å². The molecule has 1 N–H and O–H groups in total. The minimum absolute atomic E-state index is 0.00672. The van der Waals surface area contributed by atoms with Gasteiger partial charge in [0.1, 0.15) is 23.9 Å². The van der Waals surface area contributed by atoms with Gasteiger partial charge in [0.05, 0.1) is 24.8 Å². The Kier molecular flexibility index (Phi) is 7.94. The van der Waals surface area contributed by atoms with Crippen molar-refractivity contribution in [2.24, 2.45) is 0 Å². The Hall–Kier alpha value is -3.49. The van der Waals surface area contributed by atoms with E-state index in [9.17, 15) is 19.1 Å². The van der Waals surface area contributed by atoms with E-state index in [4.69, 9.17) is 9.47 Å². The van der Waals surface area contributed by atoms with Gasteiger partial charge >= 0.3 is 0 Å². The Labute approximate surface area is 204 Å². The summed E-state index contributed by atoms with van der Waals surface area (Å²) >= 11 is 0. The molecule has 4 rings (SSSR count). The van der Waals surface area contributed by atoms with Crippen molar-refractivity contribution in [3.63, 3.8) is 0 Å². The zero-order valence-corrected chi connectivity index (χ0v) is 19.5. The van der Waals surface area contributed by atoms with Crippen molar-refractivity contribution < 1.29 is 28.6 Å². The van der Waals surface area contributed by atoms with Gasteiger partial charge in [-0.15, -0.1) is 0 Å². The summed E-state index contributed by atoms with van der Waals surface area (Å²) in [4.78, 5) is 30.0. The summed E-state index contributed by atoms with van der Waals surface area (Å²) in [5.41, 5.74) is 0.937. The van der Waals surface area contributed by atoms with Crippen LogP contribution in [0, 0.1) is 5.82 Å². The van der Waals surface area contributed by atoms with Crippen LogP contribution in [0.2, 0.25) is 0 Å². The lowest BCUT2D eigenvalue weighted by Crippen LogP contribution is -2.38. The second-order valence-corrected chi connectivity index (χ2v) is 8.48. The predicted molar refractivity (Wildman–Crippen MR) is 129 cm³/mol. The Morgan fingerprint density at radius 2 is 1.77 bits per heavy atom. The van der Waals surface area contributed by atoms with Crippen molar-refractivity contribution in [1.82, 2.24) is 9.80 Å². The topological polar surface area (TPSA) is 79.3 Å². The molecule has 2 aromatic rings. The molecule has 2 aromatic carbocycles. The first-order chi connectivity index (χ1) is 17.0. The molecule has 0 unspecified atom stereocenters. The lowest BCUT2D eigenvalue weighted by Gasteiger charge is -2.29. The van der Waals surface area contributed by atoms with E-state index in [2.05, 4.69) is 11.5 Å². The van der Waals surface area contributed by atoms with Crippen LogP contribution in [0.1, 0.15) is 23.6 Å². The van der Waals surface area contributed by atoms with Gasteiger partial charge in [0, 0.05) is 31.7 Å². The average Bonchev–Trinajstić information content (AvgIpc) is 3.13. The molecule has 0 radical (unpaired) electrons. The van der Waals surface area contributed by atoms with Crippen LogP contribution in [-0.2, 0) is 14.3 Å². The maximum absolute atomic E-state index is 13.4. The van der Waals surface area contributed by atoms with Crippen molar-refractivity contribution in [3.05, 3.63) is 83.7 Å². The Bertz CT molecular complexity index is 1090. The highest BCUT2D eigenvalue weighted by Gasteiger charge is 2.45. The van der Waals surface area contributed by atoms with Crippen molar-refractivity contribution in [3.8, 4) is 5.75 Å². The van der Waals surface area contributed by atoms with Gasteiger partial charge in [0.2, 0.25) is 0 Å². The summed E-state index contributed by atoms with van der Waals surface area (Å²) < 4.78 is 24.4. The number of nitrogens with zero attached hydrogens (tertiary/aromatic N) is 2. The van der Waals surface area contributed by atoms with Crippen LogP contribution < -0.4 is 4.74 Å². The second kappa shape index (κ2) is 11.3. The molecule has 0 aromatic heterocycles. The number of rotatable bonds is 9. The molecule has 2 heterocycles. The molecule has 2 aliphatic heterocycles. The number of benzene rings is 2. The van der Waals surface area contributed by atoms with E-state index < -0.39 is 23.5 Å². The van der Waals surface area contributed by atoms with Crippen LogP contribution in [0.15, 0.2) is 66.8 Å². The molecule has 1 atom stereocenters. The molecule has 0 bridgehead atoms. The lowest BCUT2D eigenvalue weighted by atomic mass is 9.95. The number of hydrogen-bond acceptors (Lipinski definition) is 6. The molecule has 2 fully saturated rings. The number of ketones is 1. The molecule has 35 heavy (non-hydrogen) atoms. The number of carbonyl (C=O) groups excluding carboxylic acids is 2. The number of halogens is 1. The summed E-state index contributed by atoms with van der Waals surface area (Å²) in [5.74, 6) is -1.58. The van der Waals surface area contributed by atoms with E-state index in [0.29, 0.717) is 44.1 Å². The SMILES string of the molecule is C=CCOc1ccc([C@@H]2C(=C(O)c3ccc(F)cc3)C(=O)C(=O)N2CCCN2CCOCC2)cc1. The molecule has 184 valence electrons. The summed E-state index contributed by atoms with van der Waals surface area (Å²) in [5, 5.41) is 11.0. The van der Waals surface area contributed by atoms with Crippen LogP contribution in [0.4, 0.5) is 4.39 Å². The van der Waals surface area contributed by atoms with Gasteiger partial charge < -0.3 is 19.5 Å². The number of likely N-dealkylation sites (tertiary alicyclic amines) is 1. The quantitative estimate of drug-likeness (QED) is 0.256. The van der Waals surface area contributed by atoms with Gasteiger partial charge in [-0.1, -0.05) is 24.8 Å². The van der Waals surface area contributed by atoms with E-state index in [1.54, 1.807) is 30.3 Å². The Morgan fingerprint density at radius 1 is 1.09 bits per heavy atom. The third-order valence-electron chi connectivity index (χ3n) is 6.20. The normalized spacial score (nSPS) is 20.3. The predicted octanol–water partition coefficient (Wildman–Crippen LogP) is 3.53. The van der Waals surface area contributed by atoms with Crippen molar-refractivity contribution in [1.29, 1.82) is 0 Å². The largest absolute Gasteiger partial charge is 0.507 e. The fourth-order valence-electron chi connectivity index (χ4n) is 4.41. The first kappa shape index (κ1) is 24.6. The van der Waals surface area contributed by atoms with E-state index in [0.717, 1.165) is 19.6 Å². The van der Waals surface area contributed by atoms with Crippen molar-refractivity contribution >= 4 is 17.4 Å². The molecular weight excluding hydrogens is 451 g/mol. The van der Waals surface area contributed by atoms with Crippen LogP contribution in [0.3, 0.4) is 0 Å². The standard InChI is InChI=1S/C27H29FN2O5/c1-2-16-35-22-10-6-19(7-11-22)24-23(25(31)20-4-8-21(28)9-5-20)26(32)27(33)30(24)13-3-12-29-14-17-34-18-15-29/h2,4-11,24,31H,1,3,12-18H2/t24-/m1/s1. The zero-order valence-electron chi connectivity index (χ0n) is 19.5. The minimum Gasteiger partial charge on any atom is -0.507 e. The number of aliphatic hydroxyl groups excluding tert-OH is 1. The summed E-state index contributed by atoms with van der Waals surface area (Å²) in [6.45, 7) is 8.13. The Morgan fingerprint density at radius 3 is 2.43 bits per heavy atom. The molecule has 8 heteroatoms. The van der Waals surface area contributed by atoms with E-state index in [-0.39, 0.29) is 16.9 Å². The van der Waals surface area contributed by atoms with E-state index in [1.807, 2.05) is 0 Å². The van der Waals surface area contributed by atoms with E-state index >= 15 is 0 Å². The summed E-state index contributed by atoms with van der Waals surface area (Å²) in [6.07, 6.45) is 2.31. The second-order valence-electron chi connectivity index (χ2n) is 8.48. The van der Waals surface area contributed by atoms with E-state index in [1.165, 1.54) is 29.2 Å². The molecular formula is C27H29FN2O5. The molecule has 0 aliphatic carbocycles. The summed E-state index contributed by atoms with van der Waals surface area (Å²) in [6, 6.07) is 11.5. The van der Waals surface area contributed by atoms with Gasteiger partial charge in [-0.25, -0.2) is 4.39 Å². The van der Waals surface area contributed by atoms with Crippen LogP contribution in [0.25, 0.3) is 5.76 Å². The number of Topliss-reactive ketones (excluding diaryl/α,β-unsaturated/α-hetero) is 1. The molecule has 2 aliphatic rings. The molecule has 0 saturated carbocycles. The maximum atomic E-state index is 13.4. The smallest absolute Gasteiger partial charge is 0.295 e. The van der Waals surface area contributed by atoms with Gasteiger partial charge in [-0.2, -0.15) is 0 Å². The molecule has 7 nitrogen and oxygen atoms in total. The highest BCUT2D eigenvalue weighted by atomic mass is 19.1. The highest BCUT2D eigenvalue weighted by Crippen LogP contribution is 2.40. The van der Waals surface area contributed by atoms with Crippen LogP contribution in [0.5, 0.6) is 5.75 Å². The molecule has 0 spiro atoms. The lowest BCUT2D eigenvalue weighted by molar-refractivity contribution is -0.140. The first-order valence-corrected chi connectivity index (χ1v) is 11.7. The maximum Gasteiger partial charge on any atom is 0.295 e. The van der Waals surface area contributed by atoms with Gasteiger partial charge in [0.15, 0.2) is 0 Å². The van der Waals surface area contributed by atoms with Crippen molar-refractivity contribution in [2.75, 3.05) is 46.0 Å². The summed E-state index contributed by atoms with van der Waals surface area (Å²) in [7, 11) is 0. The van der Waals surface area contributed by atoms with Crippen LogP contribution >= 0.6 is 0 Å². The van der Waals surface area contributed by atoms with Crippen molar-refractivity contribution in [2.45, 2.75) is 12.5 Å². The minimum atomic E-state index is -0.766. The number of morpholine rings is 1. The molecule has 1 amide bonds. The van der Waals surface area contributed by atoms with Gasteiger partial charge in [0.25, 0.3) is 11.7 Å². The monoisotopic (exact) mass is 480 g/mol. The number of amides is 1. The zero-order chi connectivity index (χ0) is 24.8. The highest BCUT2D eigenvalue weighted by molar-refractivity contribution is 6.46. The fraction of sp³-hybridized carbons (Fsp3) is 0.333. The number of aliphatic hydroxyl groups is 1. The number of carbonyl (C=O) groups is 2. The third-order valence-corrected chi connectivity index (χ3v) is 6.20. The fourth-order valence-corrected chi connectivity index (χ4v) is 4.41.